The molecule has 1 unspecified atom stereocenters. The Kier molecular flexibility index (Phi) is 5.67. The smallest absolute Gasteiger partial charge is 0.253 e. The number of aromatic nitrogens is 1. The second kappa shape index (κ2) is 7.28. The highest BCUT2D eigenvalue weighted by atomic mass is 35.5. The zero-order valence-corrected chi connectivity index (χ0v) is 13.2. The number of carbonyl (C=O) groups is 1. The summed E-state index contributed by atoms with van der Waals surface area (Å²) < 4.78 is 0. The van der Waals surface area contributed by atoms with Crippen LogP contribution in [-0.2, 0) is 0 Å². The van der Waals surface area contributed by atoms with Crippen LogP contribution < -0.4 is 5.32 Å². The number of hydrogen-bond acceptors (Lipinski definition) is 2. The minimum absolute atomic E-state index is 0.156. The van der Waals surface area contributed by atoms with Gasteiger partial charge < -0.3 is 5.32 Å². The molecule has 1 heterocycles. The summed E-state index contributed by atoms with van der Waals surface area (Å²) in [6.07, 6.45) is 8.59. The zero-order valence-electron chi connectivity index (χ0n) is 11.7. The van der Waals surface area contributed by atoms with Crippen molar-refractivity contribution in [2.24, 2.45) is 5.92 Å². The second-order valence-electron chi connectivity index (χ2n) is 5.37. The number of halogens is 2. The van der Waals surface area contributed by atoms with Crippen molar-refractivity contribution >= 4 is 29.1 Å². The van der Waals surface area contributed by atoms with E-state index in [1.165, 1.54) is 44.4 Å². The van der Waals surface area contributed by atoms with Crippen LogP contribution in [0.3, 0.4) is 0 Å². The highest BCUT2D eigenvalue weighted by Gasteiger charge is 2.24. The first-order valence-corrected chi connectivity index (χ1v) is 7.99. The van der Waals surface area contributed by atoms with E-state index in [1.54, 1.807) is 0 Å². The van der Waals surface area contributed by atoms with E-state index < -0.39 is 0 Å². The summed E-state index contributed by atoms with van der Waals surface area (Å²) in [7, 11) is 0. The van der Waals surface area contributed by atoms with Crippen LogP contribution in [-0.4, -0.2) is 16.9 Å². The molecule has 1 aliphatic rings. The molecule has 0 radical (unpaired) electrons. The SMILES string of the molecule is CCC(NC(=O)c1cc(Cl)ncc1Cl)C1CCCCC1. The largest absolute Gasteiger partial charge is 0.349 e. The minimum Gasteiger partial charge on any atom is -0.349 e. The lowest BCUT2D eigenvalue weighted by molar-refractivity contribution is 0.0911. The van der Waals surface area contributed by atoms with Gasteiger partial charge in [0.1, 0.15) is 5.15 Å². The third kappa shape index (κ3) is 3.86. The highest BCUT2D eigenvalue weighted by Crippen LogP contribution is 2.28. The van der Waals surface area contributed by atoms with Gasteiger partial charge in [0.15, 0.2) is 0 Å². The van der Waals surface area contributed by atoms with E-state index in [0.717, 1.165) is 6.42 Å². The molecule has 1 aliphatic carbocycles. The molecule has 1 N–H and O–H groups in total. The highest BCUT2D eigenvalue weighted by molar-refractivity contribution is 6.35. The van der Waals surface area contributed by atoms with E-state index in [0.29, 0.717) is 16.5 Å². The number of hydrogen-bond donors (Lipinski definition) is 1. The number of nitrogens with zero attached hydrogens (tertiary/aromatic N) is 1. The van der Waals surface area contributed by atoms with Gasteiger partial charge in [-0.05, 0) is 31.2 Å². The van der Waals surface area contributed by atoms with Crippen LogP contribution in [0, 0.1) is 5.92 Å². The van der Waals surface area contributed by atoms with E-state index in [9.17, 15) is 4.79 Å². The van der Waals surface area contributed by atoms with Crippen molar-refractivity contribution in [3.05, 3.63) is 28.0 Å². The molecule has 20 heavy (non-hydrogen) atoms. The number of nitrogens with one attached hydrogen (secondary N) is 1. The van der Waals surface area contributed by atoms with Crippen molar-refractivity contribution in [2.75, 3.05) is 0 Å². The van der Waals surface area contributed by atoms with Gasteiger partial charge in [0.2, 0.25) is 0 Å². The molecule has 5 heteroatoms. The molecule has 1 amide bonds. The first-order chi connectivity index (χ1) is 9.61. The van der Waals surface area contributed by atoms with Crippen molar-refractivity contribution in [1.82, 2.24) is 10.3 Å². The molecule has 1 aromatic heterocycles. The molecule has 0 bridgehead atoms. The average Bonchev–Trinajstić information content (AvgIpc) is 2.48. The van der Waals surface area contributed by atoms with E-state index in [4.69, 9.17) is 23.2 Å². The van der Waals surface area contributed by atoms with Crippen LogP contribution >= 0.6 is 23.2 Å². The summed E-state index contributed by atoms with van der Waals surface area (Å²) in [6, 6.07) is 1.73. The summed E-state index contributed by atoms with van der Waals surface area (Å²) >= 11 is 11.9. The predicted molar refractivity (Wildman–Crippen MR) is 82.4 cm³/mol. The monoisotopic (exact) mass is 314 g/mol. The fourth-order valence-electron chi connectivity index (χ4n) is 2.92. The van der Waals surface area contributed by atoms with Crippen LogP contribution in [0.2, 0.25) is 10.2 Å². The van der Waals surface area contributed by atoms with E-state index in [-0.39, 0.29) is 17.1 Å². The van der Waals surface area contributed by atoms with Crippen molar-refractivity contribution < 1.29 is 4.79 Å². The normalized spacial score (nSPS) is 17.8. The summed E-state index contributed by atoms with van der Waals surface area (Å²) in [5.41, 5.74) is 0.404. The minimum atomic E-state index is -0.156. The predicted octanol–water partition coefficient (Wildman–Crippen LogP) is 4.48. The molecular weight excluding hydrogens is 295 g/mol. The van der Waals surface area contributed by atoms with Crippen molar-refractivity contribution in [2.45, 2.75) is 51.5 Å². The van der Waals surface area contributed by atoms with Gasteiger partial charge in [0.25, 0.3) is 5.91 Å². The molecule has 1 fully saturated rings. The lowest BCUT2D eigenvalue weighted by Gasteiger charge is -2.30. The quantitative estimate of drug-likeness (QED) is 0.833. The standard InChI is InChI=1S/C15H20Cl2N2O/c1-2-13(10-6-4-3-5-7-10)19-15(20)11-8-14(17)18-9-12(11)16/h8-10,13H,2-7H2,1H3,(H,19,20). The molecule has 110 valence electrons. The maximum atomic E-state index is 12.3. The Hall–Kier alpha value is -0.800. The van der Waals surface area contributed by atoms with Crippen LogP contribution in [0.5, 0.6) is 0 Å². The summed E-state index contributed by atoms with van der Waals surface area (Å²) in [5, 5.41) is 3.73. The summed E-state index contributed by atoms with van der Waals surface area (Å²) in [4.78, 5) is 16.2. The fourth-order valence-corrected chi connectivity index (χ4v) is 3.27. The molecule has 0 saturated heterocycles. The van der Waals surface area contributed by atoms with Crippen molar-refractivity contribution in [3.8, 4) is 0 Å². The first kappa shape index (κ1) is 15.6. The Balaban J connectivity index is 2.06. The molecule has 1 aromatic rings. The van der Waals surface area contributed by atoms with Crippen LogP contribution in [0.4, 0.5) is 0 Å². The Morgan fingerprint density at radius 2 is 2.10 bits per heavy atom. The van der Waals surface area contributed by atoms with Gasteiger partial charge in [0, 0.05) is 12.2 Å². The third-order valence-corrected chi connectivity index (χ3v) is 4.55. The Morgan fingerprint density at radius 3 is 2.75 bits per heavy atom. The Bertz CT molecular complexity index is 473. The fraction of sp³-hybridized carbons (Fsp3) is 0.600. The van der Waals surface area contributed by atoms with Gasteiger partial charge in [-0.3, -0.25) is 4.79 Å². The number of pyridine rings is 1. The number of rotatable bonds is 4. The van der Waals surface area contributed by atoms with Gasteiger partial charge in [-0.25, -0.2) is 4.98 Å². The maximum absolute atomic E-state index is 12.3. The Labute approximate surface area is 130 Å². The van der Waals surface area contributed by atoms with Gasteiger partial charge >= 0.3 is 0 Å². The van der Waals surface area contributed by atoms with Crippen LogP contribution in [0.15, 0.2) is 12.3 Å². The van der Waals surface area contributed by atoms with Gasteiger partial charge in [0.05, 0.1) is 10.6 Å². The van der Waals surface area contributed by atoms with Gasteiger partial charge in [-0.1, -0.05) is 49.4 Å². The molecule has 0 aliphatic heterocycles. The Morgan fingerprint density at radius 1 is 1.40 bits per heavy atom. The molecular formula is C15H20Cl2N2O. The van der Waals surface area contributed by atoms with E-state index in [1.807, 2.05) is 0 Å². The number of amides is 1. The molecule has 3 nitrogen and oxygen atoms in total. The van der Waals surface area contributed by atoms with E-state index in [2.05, 4.69) is 17.2 Å². The van der Waals surface area contributed by atoms with Crippen LogP contribution in [0.25, 0.3) is 0 Å². The molecule has 1 saturated carbocycles. The van der Waals surface area contributed by atoms with Gasteiger partial charge in [-0.15, -0.1) is 0 Å². The average molecular weight is 315 g/mol. The molecule has 2 rings (SSSR count). The van der Waals surface area contributed by atoms with Gasteiger partial charge in [-0.2, -0.15) is 0 Å². The third-order valence-electron chi connectivity index (χ3n) is 4.04. The summed E-state index contributed by atoms with van der Waals surface area (Å²) in [6.45, 7) is 2.11. The van der Waals surface area contributed by atoms with Crippen molar-refractivity contribution in [3.63, 3.8) is 0 Å². The molecule has 1 atom stereocenters. The number of carbonyl (C=O) groups excluding carboxylic acids is 1. The van der Waals surface area contributed by atoms with E-state index >= 15 is 0 Å². The maximum Gasteiger partial charge on any atom is 0.253 e. The van der Waals surface area contributed by atoms with Crippen LogP contribution in [0.1, 0.15) is 55.8 Å². The zero-order chi connectivity index (χ0) is 14.5. The first-order valence-electron chi connectivity index (χ1n) is 7.23. The topological polar surface area (TPSA) is 42.0 Å². The summed E-state index contributed by atoms with van der Waals surface area (Å²) in [5.74, 6) is 0.422. The lowest BCUT2D eigenvalue weighted by atomic mass is 9.83. The molecule has 0 aromatic carbocycles. The molecule has 0 spiro atoms. The lowest BCUT2D eigenvalue weighted by Crippen LogP contribution is -2.40. The second-order valence-corrected chi connectivity index (χ2v) is 6.17. The van der Waals surface area contributed by atoms with Crippen molar-refractivity contribution in [1.29, 1.82) is 0 Å².